The van der Waals surface area contributed by atoms with Crippen LogP contribution in [0, 0.1) is 6.92 Å². The molecule has 2 aromatic carbocycles. The Balaban J connectivity index is 1.20. The minimum Gasteiger partial charge on any atom is -0.326 e. The Morgan fingerprint density at radius 2 is 1.97 bits per heavy atom. The number of carbonyl (C=O) groups excluding carboxylic acids is 1. The summed E-state index contributed by atoms with van der Waals surface area (Å²) in [6.07, 6.45) is 3.44. The van der Waals surface area contributed by atoms with Crippen molar-refractivity contribution in [1.82, 2.24) is 14.5 Å². The standard InChI is InChI=1S/C28H32N4OS/c1-20-7-8-27-26(17-20)30-28(24-11-16-34-19-24)32(27)13-4-12-31-14-9-22(10-15-31)23-5-3-6-25(18-23)29-21(2)33/h3,5-8,11,16-19,22H,4,9-10,12-15H2,1-2H3,(H,29,33). The van der Waals surface area contributed by atoms with E-state index in [4.69, 9.17) is 4.98 Å². The lowest BCUT2D eigenvalue weighted by Gasteiger charge is -2.32. The minimum atomic E-state index is -0.0186. The van der Waals surface area contributed by atoms with Gasteiger partial charge in [-0.2, -0.15) is 11.3 Å². The number of nitrogens with one attached hydrogen (secondary N) is 1. The highest BCUT2D eigenvalue weighted by atomic mass is 32.1. The van der Waals surface area contributed by atoms with Crippen molar-refractivity contribution < 1.29 is 4.79 Å². The number of amides is 1. The van der Waals surface area contributed by atoms with Crippen LogP contribution in [0.4, 0.5) is 5.69 Å². The zero-order valence-corrected chi connectivity index (χ0v) is 20.8. The van der Waals surface area contributed by atoms with E-state index in [1.165, 1.54) is 22.2 Å². The molecule has 5 rings (SSSR count). The summed E-state index contributed by atoms with van der Waals surface area (Å²) in [6, 6.07) is 17.1. The van der Waals surface area contributed by atoms with Crippen molar-refractivity contribution in [3.63, 3.8) is 0 Å². The van der Waals surface area contributed by atoms with E-state index in [2.05, 4.69) is 74.9 Å². The van der Waals surface area contributed by atoms with Gasteiger partial charge in [0.05, 0.1) is 11.0 Å². The molecular formula is C28H32N4OS. The third kappa shape index (κ3) is 5.08. The molecule has 6 heteroatoms. The molecule has 34 heavy (non-hydrogen) atoms. The average molecular weight is 473 g/mol. The number of aryl methyl sites for hydroxylation is 2. The van der Waals surface area contributed by atoms with Gasteiger partial charge in [-0.05, 0) is 98.6 Å². The molecule has 3 heterocycles. The van der Waals surface area contributed by atoms with Crippen molar-refractivity contribution in [2.24, 2.45) is 0 Å². The van der Waals surface area contributed by atoms with Crippen LogP contribution >= 0.6 is 11.3 Å². The Morgan fingerprint density at radius 1 is 1.12 bits per heavy atom. The number of nitrogens with zero attached hydrogens (tertiary/aromatic N) is 3. The van der Waals surface area contributed by atoms with Crippen LogP contribution in [0.25, 0.3) is 22.4 Å². The van der Waals surface area contributed by atoms with E-state index in [1.807, 2.05) is 6.07 Å². The Kier molecular flexibility index (Phi) is 6.79. The van der Waals surface area contributed by atoms with Crippen LogP contribution in [0.1, 0.15) is 43.2 Å². The molecule has 1 aliphatic rings. The number of imidazole rings is 1. The normalized spacial score (nSPS) is 15.1. The number of piperidine rings is 1. The summed E-state index contributed by atoms with van der Waals surface area (Å²) in [7, 11) is 0. The molecule has 1 amide bonds. The third-order valence-electron chi connectivity index (χ3n) is 6.81. The lowest BCUT2D eigenvalue weighted by Crippen LogP contribution is -2.34. The first-order valence-corrected chi connectivity index (χ1v) is 13.1. The first-order valence-electron chi connectivity index (χ1n) is 12.2. The van der Waals surface area contributed by atoms with E-state index >= 15 is 0 Å². The number of benzene rings is 2. The van der Waals surface area contributed by atoms with Crippen molar-refractivity contribution in [3.05, 3.63) is 70.4 Å². The van der Waals surface area contributed by atoms with Crippen LogP contribution in [0.5, 0.6) is 0 Å². The van der Waals surface area contributed by atoms with Gasteiger partial charge in [-0.15, -0.1) is 0 Å². The third-order valence-corrected chi connectivity index (χ3v) is 7.49. The summed E-state index contributed by atoms with van der Waals surface area (Å²) in [5.41, 5.74) is 7.01. The number of likely N-dealkylation sites (tertiary alicyclic amines) is 1. The van der Waals surface area contributed by atoms with Gasteiger partial charge in [-0.1, -0.05) is 18.2 Å². The predicted molar refractivity (Wildman–Crippen MR) is 142 cm³/mol. The van der Waals surface area contributed by atoms with E-state index in [0.29, 0.717) is 5.92 Å². The molecule has 0 unspecified atom stereocenters. The van der Waals surface area contributed by atoms with E-state index in [9.17, 15) is 4.79 Å². The van der Waals surface area contributed by atoms with Crippen molar-refractivity contribution in [1.29, 1.82) is 0 Å². The Hall–Kier alpha value is -2.96. The molecule has 1 aliphatic heterocycles. The second kappa shape index (κ2) is 10.1. The van der Waals surface area contributed by atoms with Gasteiger partial charge in [0.1, 0.15) is 5.82 Å². The van der Waals surface area contributed by atoms with E-state index in [-0.39, 0.29) is 5.91 Å². The van der Waals surface area contributed by atoms with Gasteiger partial charge < -0.3 is 14.8 Å². The topological polar surface area (TPSA) is 50.2 Å². The zero-order chi connectivity index (χ0) is 23.5. The predicted octanol–water partition coefficient (Wildman–Crippen LogP) is 6.30. The first-order chi connectivity index (χ1) is 16.6. The number of thiophene rings is 1. The fourth-order valence-electron chi connectivity index (χ4n) is 5.09. The lowest BCUT2D eigenvalue weighted by atomic mass is 9.89. The fraction of sp³-hybridized carbons (Fsp3) is 0.357. The molecule has 1 saturated heterocycles. The summed E-state index contributed by atoms with van der Waals surface area (Å²) in [5.74, 6) is 1.63. The smallest absolute Gasteiger partial charge is 0.221 e. The van der Waals surface area contributed by atoms with Crippen LogP contribution in [0.15, 0.2) is 59.3 Å². The van der Waals surface area contributed by atoms with Crippen molar-refractivity contribution in [2.45, 2.75) is 45.6 Å². The highest BCUT2D eigenvalue weighted by molar-refractivity contribution is 7.08. The summed E-state index contributed by atoms with van der Waals surface area (Å²) in [5, 5.41) is 7.22. The maximum atomic E-state index is 11.4. The van der Waals surface area contributed by atoms with Crippen LogP contribution in [-0.2, 0) is 11.3 Å². The lowest BCUT2D eigenvalue weighted by molar-refractivity contribution is -0.114. The van der Waals surface area contributed by atoms with Crippen LogP contribution < -0.4 is 5.32 Å². The molecule has 0 radical (unpaired) electrons. The fourth-order valence-corrected chi connectivity index (χ4v) is 5.73. The molecule has 0 saturated carbocycles. The number of rotatable bonds is 7. The van der Waals surface area contributed by atoms with Crippen molar-refractivity contribution in [3.8, 4) is 11.4 Å². The number of anilines is 1. The van der Waals surface area contributed by atoms with Crippen molar-refractivity contribution >= 4 is 34.0 Å². The number of carbonyl (C=O) groups is 1. The summed E-state index contributed by atoms with van der Waals surface area (Å²) in [4.78, 5) is 19.0. The largest absolute Gasteiger partial charge is 0.326 e. The second-order valence-corrected chi connectivity index (χ2v) is 10.1. The van der Waals surface area contributed by atoms with Gasteiger partial charge in [-0.3, -0.25) is 4.79 Å². The van der Waals surface area contributed by atoms with Crippen LogP contribution in [-0.4, -0.2) is 40.0 Å². The van der Waals surface area contributed by atoms with Crippen molar-refractivity contribution in [2.75, 3.05) is 25.0 Å². The summed E-state index contributed by atoms with van der Waals surface area (Å²) >= 11 is 1.72. The molecular weight excluding hydrogens is 440 g/mol. The molecule has 0 spiro atoms. The number of aromatic nitrogens is 2. The number of fused-ring (bicyclic) bond motifs is 1. The maximum absolute atomic E-state index is 11.4. The highest BCUT2D eigenvalue weighted by Gasteiger charge is 2.21. The van der Waals surface area contributed by atoms with Gasteiger partial charge in [0.2, 0.25) is 5.91 Å². The van der Waals surface area contributed by atoms with Gasteiger partial charge in [0.15, 0.2) is 0 Å². The monoisotopic (exact) mass is 472 g/mol. The Bertz CT molecular complexity index is 1270. The Morgan fingerprint density at radius 3 is 2.74 bits per heavy atom. The number of hydrogen-bond donors (Lipinski definition) is 1. The average Bonchev–Trinajstić information content (AvgIpc) is 3.47. The molecule has 5 nitrogen and oxygen atoms in total. The molecule has 1 fully saturated rings. The quantitative estimate of drug-likeness (QED) is 0.343. The van der Waals surface area contributed by atoms with Gasteiger partial charge in [0.25, 0.3) is 0 Å². The van der Waals surface area contributed by atoms with E-state index in [0.717, 1.165) is 62.5 Å². The first kappa shape index (κ1) is 22.8. The second-order valence-electron chi connectivity index (χ2n) is 9.37. The molecule has 0 atom stereocenters. The Labute approximate surface area is 205 Å². The molecule has 4 aromatic rings. The highest BCUT2D eigenvalue weighted by Crippen LogP contribution is 2.30. The molecule has 0 aliphatic carbocycles. The zero-order valence-electron chi connectivity index (χ0n) is 20.0. The van der Waals surface area contributed by atoms with E-state index < -0.39 is 0 Å². The molecule has 1 N–H and O–H groups in total. The molecule has 0 bridgehead atoms. The van der Waals surface area contributed by atoms with Gasteiger partial charge in [0, 0.05) is 30.1 Å². The maximum Gasteiger partial charge on any atom is 0.221 e. The molecule has 176 valence electrons. The van der Waals surface area contributed by atoms with Gasteiger partial charge in [-0.25, -0.2) is 4.98 Å². The number of hydrogen-bond acceptors (Lipinski definition) is 4. The minimum absolute atomic E-state index is 0.0186. The summed E-state index contributed by atoms with van der Waals surface area (Å²) in [6.45, 7) is 8.01. The SMILES string of the molecule is CC(=O)Nc1cccc(C2CCN(CCCn3c(-c4ccsc4)nc4cc(C)ccc43)CC2)c1. The van der Waals surface area contributed by atoms with E-state index in [1.54, 1.807) is 18.3 Å². The van der Waals surface area contributed by atoms with Crippen LogP contribution in [0.2, 0.25) is 0 Å². The van der Waals surface area contributed by atoms with Gasteiger partial charge >= 0.3 is 0 Å². The molecule has 2 aromatic heterocycles. The summed E-state index contributed by atoms with van der Waals surface area (Å²) < 4.78 is 2.40. The van der Waals surface area contributed by atoms with Crippen LogP contribution in [0.3, 0.4) is 0 Å².